The van der Waals surface area contributed by atoms with Crippen LogP contribution in [-0.4, -0.2) is 34.1 Å². The van der Waals surface area contributed by atoms with Gasteiger partial charge in [-0.05, 0) is 37.2 Å². The van der Waals surface area contributed by atoms with Gasteiger partial charge in [0, 0.05) is 16.7 Å². The predicted molar refractivity (Wildman–Crippen MR) is 98.5 cm³/mol. The van der Waals surface area contributed by atoms with Crippen molar-refractivity contribution in [2.45, 2.75) is 51.9 Å². The first-order valence-corrected chi connectivity index (χ1v) is 11.4. The molecule has 0 saturated carbocycles. The first-order chi connectivity index (χ1) is 11.9. The largest absolute Gasteiger partial charge is 0.493 e. The third-order valence-corrected chi connectivity index (χ3v) is 9.73. The lowest BCUT2D eigenvalue weighted by molar-refractivity contribution is -0.140. The molecule has 4 nitrogen and oxygen atoms in total. The number of carbonyl (C=O) groups is 1. The van der Waals surface area contributed by atoms with Crippen LogP contribution in [0.25, 0.3) is 5.57 Å². The molecule has 2 rings (SSSR count). The SMILES string of the molecule is COc1c(C2=C(C)C(=O)O[C@@H]2CO[Si](C)(C)C(C)(C)C)ccc(F)c1F. The highest BCUT2D eigenvalue weighted by Crippen LogP contribution is 2.41. The molecule has 7 heteroatoms. The summed E-state index contributed by atoms with van der Waals surface area (Å²) in [5.74, 6) is -2.83. The zero-order valence-electron chi connectivity index (χ0n) is 16.3. The lowest BCUT2D eigenvalue weighted by Gasteiger charge is -2.37. The smallest absolute Gasteiger partial charge is 0.334 e. The van der Waals surface area contributed by atoms with Crippen molar-refractivity contribution in [3.05, 3.63) is 34.9 Å². The quantitative estimate of drug-likeness (QED) is 0.545. The molecule has 0 radical (unpaired) electrons. The second-order valence-electron chi connectivity index (χ2n) is 7.95. The van der Waals surface area contributed by atoms with Gasteiger partial charge in [0.1, 0.15) is 0 Å². The van der Waals surface area contributed by atoms with Gasteiger partial charge in [-0.3, -0.25) is 0 Å². The van der Waals surface area contributed by atoms with Gasteiger partial charge in [-0.25, -0.2) is 9.18 Å². The molecule has 1 aliphatic rings. The van der Waals surface area contributed by atoms with E-state index in [4.69, 9.17) is 13.9 Å². The number of benzene rings is 1. The van der Waals surface area contributed by atoms with Gasteiger partial charge < -0.3 is 13.9 Å². The molecule has 1 aliphatic heterocycles. The van der Waals surface area contributed by atoms with Gasteiger partial charge in [0.15, 0.2) is 26.0 Å². The fourth-order valence-corrected chi connectivity index (χ4v) is 3.57. The normalized spacial score (nSPS) is 18.3. The van der Waals surface area contributed by atoms with Crippen molar-refractivity contribution in [3.63, 3.8) is 0 Å². The summed E-state index contributed by atoms with van der Waals surface area (Å²) in [6, 6.07) is 2.42. The Kier molecular flexibility index (Phi) is 5.63. The molecular formula is C19H26F2O4Si. The second-order valence-corrected chi connectivity index (χ2v) is 12.8. The number of esters is 1. The zero-order chi connectivity index (χ0) is 19.9. The van der Waals surface area contributed by atoms with Crippen molar-refractivity contribution in [1.82, 2.24) is 0 Å². The number of cyclic esters (lactones) is 1. The molecule has 0 N–H and O–H groups in total. The van der Waals surface area contributed by atoms with Gasteiger partial charge in [-0.2, -0.15) is 4.39 Å². The Balaban J connectivity index is 2.40. The van der Waals surface area contributed by atoms with Crippen molar-refractivity contribution in [2.75, 3.05) is 13.7 Å². The molecule has 0 unspecified atom stereocenters. The number of hydrogen-bond acceptors (Lipinski definition) is 4. The van der Waals surface area contributed by atoms with Crippen LogP contribution in [0.5, 0.6) is 5.75 Å². The van der Waals surface area contributed by atoms with Crippen molar-refractivity contribution >= 4 is 19.9 Å². The van der Waals surface area contributed by atoms with E-state index in [0.717, 1.165) is 6.07 Å². The Hall–Kier alpha value is -1.73. The van der Waals surface area contributed by atoms with E-state index in [1.807, 2.05) is 0 Å². The Morgan fingerprint density at radius 3 is 2.38 bits per heavy atom. The van der Waals surface area contributed by atoms with E-state index >= 15 is 0 Å². The van der Waals surface area contributed by atoms with E-state index in [2.05, 4.69) is 33.9 Å². The molecule has 26 heavy (non-hydrogen) atoms. The fraction of sp³-hybridized carbons (Fsp3) is 0.526. The molecule has 0 aliphatic carbocycles. The summed E-state index contributed by atoms with van der Waals surface area (Å²) in [6.07, 6.45) is -0.685. The van der Waals surface area contributed by atoms with Crippen molar-refractivity contribution < 1.29 is 27.5 Å². The van der Waals surface area contributed by atoms with Gasteiger partial charge in [0.25, 0.3) is 0 Å². The van der Waals surface area contributed by atoms with Gasteiger partial charge in [0.05, 0.1) is 13.7 Å². The third kappa shape index (κ3) is 3.69. The molecule has 0 aromatic heterocycles. The summed E-state index contributed by atoms with van der Waals surface area (Å²) < 4.78 is 44.3. The molecular weight excluding hydrogens is 358 g/mol. The highest BCUT2D eigenvalue weighted by atomic mass is 28.4. The summed E-state index contributed by atoms with van der Waals surface area (Å²) in [4.78, 5) is 12.1. The summed E-state index contributed by atoms with van der Waals surface area (Å²) in [7, 11) is -0.808. The van der Waals surface area contributed by atoms with Crippen LogP contribution in [0.3, 0.4) is 0 Å². The molecule has 1 aromatic carbocycles. The molecule has 0 saturated heterocycles. The second kappa shape index (κ2) is 7.11. The minimum Gasteiger partial charge on any atom is -0.493 e. The van der Waals surface area contributed by atoms with Crippen molar-refractivity contribution in [2.24, 2.45) is 0 Å². The number of rotatable bonds is 5. The minimum absolute atomic E-state index is 0.00574. The molecule has 1 heterocycles. The molecule has 0 amide bonds. The van der Waals surface area contributed by atoms with Gasteiger partial charge >= 0.3 is 5.97 Å². The minimum atomic E-state index is -2.07. The number of halogens is 2. The molecule has 1 atom stereocenters. The van der Waals surface area contributed by atoms with E-state index < -0.39 is 32.0 Å². The fourth-order valence-electron chi connectivity index (χ4n) is 2.56. The number of methoxy groups -OCH3 is 1. The molecule has 0 spiro atoms. The maximum absolute atomic E-state index is 14.1. The summed E-state index contributed by atoms with van der Waals surface area (Å²) in [5.41, 5.74) is 1.13. The van der Waals surface area contributed by atoms with Crippen LogP contribution in [0, 0.1) is 11.6 Å². The summed E-state index contributed by atoms with van der Waals surface area (Å²) >= 11 is 0. The topological polar surface area (TPSA) is 44.8 Å². The molecule has 0 bridgehead atoms. The van der Waals surface area contributed by atoms with Crippen molar-refractivity contribution in [3.8, 4) is 5.75 Å². The molecule has 144 valence electrons. The van der Waals surface area contributed by atoms with E-state index in [-0.39, 0.29) is 17.4 Å². The Bertz CT molecular complexity index is 751. The maximum Gasteiger partial charge on any atom is 0.334 e. The van der Waals surface area contributed by atoms with E-state index in [1.54, 1.807) is 6.92 Å². The van der Waals surface area contributed by atoms with Crippen LogP contribution < -0.4 is 4.74 Å². The van der Waals surface area contributed by atoms with Gasteiger partial charge in [-0.1, -0.05) is 20.8 Å². The average Bonchev–Trinajstić information content (AvgIpc) is 2.82. The van der Waals surface area contributed by atoms with Crippen LogP contribution in [-0.2, 0) is 14.0 Å². The van der Waals surface area contributed by atoms with Gasteiger partial charge in [-0.15, -0.1) is 0 Å². The van der Waals surface area contributed by atoms with E-state index in [1.165, 1.54) is 13.2 Å². The lowest BCUT2D eigenvalue weighted by Crippen LogP contribution is -2.42. The Labute approximate surface area is 154 Å². The Morgan fingerprint density at radius 2 is 1.85 bits per heavy atom. The van der Waals surface area contributed by atoms with E-state index in [0.29, 0.717) is 16.7 Å². The monoisotopic (exact) mass is 384 g/mol. The molecule has 1 aromatic rings. The summed E-state index contributed by atoms with van der Waals surface area (Å²) in [5, 5.41) is -0.00574. The average molecular weight is 384 g/mol. The van der Waals surface area contributed by atoms with Crippen LogP contribution >= 0.6 is 0 Å². The highest BCUT2D eigenvalue weighted by Gasteiger charge is 2.41. The number of ether oxygens (including phenoxy) is 2. The first kappa shape index (κ1) is 20.6. The van der Waals surface area contributed by atoms with E-state index in [9.17, 15) is 13.6 Å². The van der Waals surface area contributed by atoms with Crippen LogP contribution in [0.15, 0.2) is 17.7 Å². The van der Waals surface area contributed by atoms with Crippen molar-refractivity contribution in [1.29, 1.82) is 0 Å². The standard InChI is InChI=1S/C19H26F2O4Si/c1-11-15(12-8-9-13(20)16(21)17(12)23-5)14(25-18(11)22)10-24-26(6,7)19(2,3)4/h8-9,14H,10H2,1-7H3/t14-/m1/s1. The Morgan fingerprint density at radius 1 is 1.23 bits per heavy atom. The highest BCUT2D eigenvalue weighted by molar-refractivity contribution is 6.74. The van der Waals surface area contributed by atoms with Crippen LogP contribution in [0.2, 0.25) is 18.1 Å². The zero-order valence-corrected chi connectivity index (χ0v) is 17.3. The maximum atomic E-state index is 14.1. The lowest BCUT2D eigenvalue weighted by atomic mass is 9.96. The summed E-state index contributed by atoms with van der Waals surface area (Å²) in [6.45, 7) is 12.3. The third-order valence-electron chi connectivity index (χ3n) is 5.23. The number of hydrogen-bond donors (Lipinski definition) is 0. The van der Waals surface area contributed by atoms with Gasteiger partial charge in [0.2, 0.25) is 5.82 Å². The predicted octanol–water partition coefficient (Wildman–Crippen LogP) is 4.69. The van der Waals surface area contributed by atoms with Crippen LogP contribution in [0.4, 0.5) is 8.78 Å². The molecule has 0 fully saturated rings. The number of carbonyl (C=O) groups excluding carboxylic acids is 1. The first-order valence-electron chi connectivity index (χ1n) is 8.48. The van der Waals surface area contributed by atoms with Crippen LogP contribution in [0.1, 0.15) is 33.3 Å².